The zero-order chi connectivity index (χ0) is 27.9. The number of hydrogen-bond donors (Lipinski definition) is 0. The third kappa shape index (κ3) is 6.06. The molecule has 0 spiro atoms. The molecule has 0 N–H and O–H groups in total. The van der Waals surface area contributed by atoms with E-state index in [-0.39, 0.29) is 46.8 Å². The van der Waals surface area contributed by atoms with Gasteiger partial charge in [0.25, 0.3) is 11.5 Å². The van der Waals surface area contributed by atoms with Crippen LogP contribution in [0.5, 0.6) is 5.75 Å². The summed E-state index contributed by atoms with van der Waals surface area (Å²) in [6.07, 6.45) is 2.17. The third-order valence-corrected chi connectivity index (χ3v) is 5.89. The van der Waals surface area contributed by atoms with Gasteiger partial charge in [-0.3, -0.25) is 14.0 Å². The molecule has 0 unspecified atom stereocenters. The van der Waals surface area contributed by atoms with E-state index >= 15 is 0 Å². The first-order valence-electron chi connectivity index (χ1n) is 13.0. The van der Waals surface area contributed by atoms with Crippen molar-refractivity contribution in [3.8, 4) is 5.75 Å². The monoisotopic (exact) mass is 532 g/mol. The second-order valence-electron chi connectivity index (χ2n) is 8.96. The number of pyridine rings is 2. The van der Waals surface area contributed by atoms with Crippen LogP contribution in [0.2, 0.25) is 0 Å². The Labute approximate surface area is 225 Å². The summed E-state index contributed by atoms with van der Waals surface area (Å²) >= 11 is 0. The lowest BCUT2D eigenvalue weighted by atomic mass is 10.1. The molecule has 39 heavy (non-hydrogen) atoms. The summed E-state index contributed by atoms with van der Waals surface area (Å²) in [5.74, 6) is -0.922. The highest BCUT2D eigenvalue weighted by Gasteiger charge is 2.21. The van der Waals surface area contributed by atoms with Gasteiger partial charge in [0.1, 0.15) is 22.6 Å². The third-order valence-electron chi connectivity index (χ3n) is 5.89. The summed E-state index contributed by atoms with van der Waals surface area (Å²) in [5, 5.41) is 0.202. The summed E-state index contributed by atoms with van der Waals surface area (Å²) in [6, 6.07) is 13.4. The van der Waals surface area contributed by atoms with Gasteiger partial charge in [-0.1, -0.05) is 18.2 Å². The lowest BCUT2D eigenvalue weighted by molar-refractivity contribution is 0.0523. The van der Waals surface area contributed by atoms with Crippen LogP contribution in [0.25, 0.3) is 16.7 Å². The minimum Gasteiger partial charge on any atom is -0.493 e. The second-order valence-corrected chi connectivity index (χ2v) is 8.96. The second kappa shape index (κ2) is 12.5. The largest absolute Gasteiger partial charge is 0.493 e. The van der Waals surface area contributed by atoms with Crippen LogP contribution in [0, 0.1) is 0 Å². The van der Waals surface area contributed by atoms with Gasteiger partial charge in [-0.05, 0) is 64.4 Å². The van der Waals surface area contributed by atoms with E-state index in [2.05, 4.69) is 4.99 Å². The first-order chi connectivity index (χ1) is 18.8. The Balaban J connectivity index is 2.03. The van der Waals surface area contributed by atoms with Crippen LogP contribution in [-0.2, 0) is 16.0 Å². The highest BCUT2D eigenvalue weighted by Crippen LogP contribution is 2.19. The minimum absolute atomic E-state index is 0.00819. The highest BCUT2D eigenvalue weighted by molar-refractivity contribution is 5.99. The van der Waals surface area contributed by atoms with Crippen molar-refractivity contribution in [3.05, 3.63) is 81.7 Å². The topological polar surface area (TPSA) is 113 Å². The number of aryl methyl sites for hydroxylation is 1. The number of para-hydroxylation sites is 1. The number of esters is 1. The predicted octanol–water partition coefficient (Wildman–Crippen LogP) is 3.78. The van der Waals surface area contributed by atoms with Gasteiger partial charge in [0, 0.05) is 19.3 Å². The van der Waals surface area contributed by atoms with Crippen LogP contribution in [-0.4, -0.2) is 51.8 Å². The molecule has 1 aromatic carbocycles. The van der Waals surface area contributed by atoms with Crippen molar-refractivity contribution >= 4 is 28.6 Å². The molecule has 10 heteroatoms. The number of hydrogen-bond acceptors (Lipinski definition) is 7. The molecule has 3 heterocycles. The van der Waals surface area contributed by atoms with E-state index in [1.165, 1.54) is 10.5 Å². The molecule has 4 aromatic rings. The maximum absolute atomic E-state index is 13.5. The predicted molar refractivity (Wildman–Crippen MR) is 146 cm³/mol. The van der Waals surface area contributed by atoms with Crippen molar-refractivity contribution in [1.82, 2.24) is 14.0 Å². The number of ether oxygens (including phenoxy) is 3. The SMILES string of the molecule is CCOC(=O)c1cc2c(=O)n3ccccc3nc2n(CCCOC(C)C)c1=NC(=O)c1ccccc1OCC. The highest BCUT2D eigenvalue weighted by atomic mass is 16.5. The summed E-state index contributed by atoms with van der Waals surface area (Å²) in [7, 11) is 0. The van der Waals surface area contributed by atoms with Crippen molar-refractivity contribution < 1.29 is 23.8 Å². The molecule has 4 rings (SSSR count). The van der Waals surface area contributed by atoms with Gasteiger partial charge < -0.3 is 18.8 Å². The summed E-state index contributed by atoms with van der Waals surface area (Å²) in [4.78, 5) is 49.3. The quantitative estimate of drug-likeness (QED) is 0.173. The van der Waals surface area contributed by atoms with Gasteiger partial charge >= 0.3 is 5.97 Å². The van der Waals surface area contributed by atoms with Crippen molar-refractivity contribution in [3.63, 3.8) is 0 Å². The van der Waals surface area contributed by atoms with E-state index in [9.17, 15) is 14.4 Å². The van der Waals surface area contributed by atoms with E-state index < -0.39 is 11.9 Å². The smallest absolute Gasteiger partial charge is 0.341 e. The fraction of sp³-hybridized carbons (Fsp3) is 0.345. The Morgan fingerprint density at radius 3 is 2.54 bits per heavy atom. The molecule has 0 bridgehead atoms. The van der Waals surface area contributed by atoms with Gasteiger partial charge in [-0.2, -0.15) is 4.99 Å². The number of rotatable bonds is 10. The van der Waals surface area contributed by atoms with Gasteiger partial charge in [0.05, 0.1) is 30.3 Å². The lowest BCUT2D eigenvalue weighted by Gasteiger charge is -2.16. The molecule has 10 nitrogen and oxygen atoms in total. The summed E-state index contributed by atoms with van der Waals surface area (Å²) in [6.45, 7) is 8.55. The maximum atomic E-state index is 13.5. The molecular formula is C29H32N4O6. The first kappa shape index (κ1) is 27.7. The molecular weight excluding hydrogens is 500 g/mol. The number of fused-ring (bicyclic) bond motifs is 2. The molecule has 3 aromatic heterocycles. The Hall–Kier alpha value is -4.31. The zero-order valence-corrected chi connectivity index (χ0v) is 22.5. The van der Waals surface area contributed by atoms with Crippen LogP contribution < -0.4 is 15.8 Å². The zero-order valence-electron chi connectivity index (χ0n) is 22.5. The Morgan fingerprint density at radius 1 is 1.03 bits per heavy atom. The number of aromatic nitrogens is 3. The molecule has 0 saturated carbocycles. The lowest BCUT2D eigenvalue weighted by Crippen LogP contribution is -2.33. The van der Waals surface area contributed by atoms with Crippen molar-refractivity contribution in [2.75, 3.05) is 19.8 Å². The van der Waals surface area contributed by atoms with E-state index in [4.69, 9.17) is 19.2 Å². The molecule has 1 amide bonds. The van der Waals surface area contributed by atoms with E-state index in [0.717, 1.165) is 0 Å². The molecule has 0 aliphatic carbocycles. The number of carbonyl (C=O) groups excluding carboxylic acids is 2. The van der Waals surface area contributed by atoms with Gasteiger partial charge in [0.15, 0.2) is 5.49 Å². The van der Waals surface area contributed by atoms with Gasteiger partial charge in [-0.25, -0.2) is 9.78 Å². The Kier molecular flexibility index (Phi) is 8.88. The average Bonchev–Trinajstić information content (AvgIpc) is 2.92. The molecule has 0 fully saturated rings. The molecule has 0 aliphatic heterocycles. The van der Waals surface area contributed by atoms with Gasteiger partial charge in [-0.15, -0.1) is 0 Å². The minimum atomic E-state index is -0.700. The molecule has 0 radical (unpaired) electrons. The fourth-order valence-electron chi connectivity index (χ4n) is 4.19. The number of benzene rings is 1. The van der Waals surface area contributed by atoms with Crippen LogP contribution in [0.1, 0.15) is 54.8 Å². The first-order valence-corrected chi connectivity index (χ1v) is 13.0. The fourth-order valence-corrected chi connectivity index (χ4v) is 4.19. The van der Waals surface area contributed by atoms with Crippen LogP contribution >= 0.6 is 0 Å². The number of carbonyl (C=O) groups is 2. The van der Waals surface area contributed by atoms with Gasteiger partial charge in [0.2, 0.25) is 0 Å². The van der Waals surface area contributed by atoms with Crippen molar-refractivity contribution in [1.29, 1.82) is 0 Å². The van der Waals surface area contributed by atoms with E-state index in [0.29, 0.717) is 36.7 Å². The van der Waals surface area contributed by atoms with E-state index in [1.54, 1.807) is 60.2 Å². The van der Waals surface area contributed by atoms with Crippen LogP contribution in [0.4, 0.5) is 0 Å². The number of nitrogens with zero attached hydrogens (tertiary/aromatic N) is 4. The molecule has 0 saturated heterocycles. The molecule has 0 aliphatic rings. The normalized spacial score (nSPS) is 11.9. The van der Waals surface area contributed by atoms with Crippen LogP contribution in [0.15, 0.2) is 64.5 Å². The average molecular weight is 533 g/mol. The van der Waals surface area contributed by atoms with E-state index in [1.807, 2.05) is 20.8 Å². The Bertz CT molecular complexity index is 1640. The standard InChI is InChI=1S/C29H32N4O6/c1-5-37-23-13-8-7-12-20(23)27(34)31-26-22(29(36)38-6-2)18-21-25(33(26)16-11-17-39-19(3)4)30-24-14-9-10-15-32(24)28(21)35/h7-10,12-15,18-19H,5-6,11,16-17H2,1-4H3. The molecule has 204 valence electrons. The number of amides is 1. The van der Waals surface area contributed by atoms with Crippen LogP contribution in [0.3, 0.4) is 0 Å². The summed E-state index contributed by atoms with van der Waals surface area (Å²) in [5.41, 5.74) is 0.655. The Morgan fingerprint density at radius 2 is 1.79 bits per heavy atom. The summed E-state index contributed by atoms with van der Waals surface area (Å²) < 4.78 is 19.7. The molecule has 0 atom stereocenters. The van der Waals surface area contributed by atoms with Crippen molar-refractivity contribution in [2.45, 2.75) is 46.8 Å². The maximum Gasteiger partial charge on any atom is 0.341 e. The van der Waals surface area contributed by atoms with Crippen molar-refractivity contribution in [2.24, 2.45) is 4.99 Å².